The van der Waals surface area contributed by atoms with Crippen LogP contribution in [0.4, 0.5) is 9.59 Å². The summed E-state index contributed by atoms with van der Waals surface area (Å²) in [5.74, 6) is 7.30. The molecule has 14 nitrogen and oxygen atoms in total. The molecular formula is C47H48N8O6. The summed E-state index contributed by atoms with van der Waals surface area (Å²) in [6.07, 6.45) is 4.43. The van der Waals surface area contributed by atoms with Gasteiger partial charge in [0.25, 0.3) is 0 Å². The summed E-state index contributed by atoms with van der Waals surface area (Å²) >= 11 is 0. The van der Waals surface area contributed by atoms with Crippen molar-refractivity contribution >= 4 is 24.0 Å². The maximum atomic E-state index is 13.6. The lowest BCUT2D eigenvalue weighted by Crippen LogP contribution is -2.42. The summed E-state index contributed by atoms with van der Waals surface area (Å²) in [6.45, 7) is 2.32. The molecule has 4 aromatic carbocycles. The summed E-state index contributed by atoms with van der Waals surface area (Å²) in [5, 5.41) is 8.15. The van der Waals surface area contributed by atoms with Crippen LogP contribution in [0.5, 0.6) is 0 Å². The molecule has 4 amide bonds. The molecule has 61 heavy (non-hydrogen) atoms. The van der Waals surface area contributed by atoms with Gasteiger partial charge < -0.3 is 40.3 Å². The van der Waals surface area contributed by atoms with E-state index in [1.54, 1.807) is 54.5 Å². The Morgan fingerprint density at radius 2 is 1.18 bits per heavy atom. The molecule has 6 rings (SSSR count). The molecule has 0 spiro atoms. The number of carbonyl (C=O) groups excluding carboxylic acids is 4. The maximum absolute atomic E-state index is 13.6. The van der Waals surface area contributed by atoms with Gasteiger partial charge in [-0.1, -0.05) is 96.8 Å². The average Bonchev–Trinajstić information content (AvgIpc) is 4.00. The predicted octanol–water partition coefficient (Wildman–Crippen LogP) is 7.02. The van der Waals surface area contributed by atoms with Crippen LogP contribution < -0.4 is 16.0 Å². The topological polar surface area (TPSA) is 183 Å². The molecule has 0 radical (unpaired) electrons. The lowest BCUT2D eigenvalue weighted by Gasteiger charge is -2.28. The number of aromatic amines is 2. The monoisotopic (exact) mass is 820 g/mol. The number of H-pyrrole nitrogens is 2. The van der Waals surface area contributed by atoms with Crippen molar-refractivity contribution in [3.63, 3.8) is 0 Å². The first-order valence-electron chi connectivity index (χ1n) is 19.8. The smallest absolute Gasteiger partial charge is 0.407 e. The molecule has 312 valence electrons. The van der Waals surface area contributed by atoms with E-state index in [2.05, 4.69) is 47.7 Å². The van der Waals surface area contributed by atoms with Crippen LogP contribution in [0.1, 0.15) is 71.8 Å². The number of nitrogens with zero attached hydrogens (tertiary/aromatic N) is 3. The predicted molar refractivity (Wildman–Crippen MR) is 231 cm³/mol. The zero-order valence-electron chi connectivity index (χ0n) is 34.4. The van der Waals surface area contributed by atoms with Crippen LogP contribution in [-0.4, -0.2) is 76.6 Å². The lowest BCUT2D eigenvalue weighted by molar-refractivity contribution is -0.134. The average molecular weight is 821 g/mol. The standard InChI is InChI=1S/C47H48N8O6/c1-31(55(2)45(57)42(54-47(59)61-4)37-15-9-6-10-16-37)43-50-30-39(52-43)35-26-22-33(23-27-35)19-18-32-20-24-34(25-21-32)38-29-49-40(51-38)17-11-12-28-48-44(56)41(53-46(58)60-3)36-13-7-5-8-14-36/h5-10,13-16,20-27,29-31,41-42H,11-12,17,28H2,1-4H3,(H,48,56)(H,49,51)(H,50,52)(H,53,58)(H,54,59)/t31?,41-,42-/m1/s1. The summed E-state index contributed by atoms with van der Waals surface area (Å²) in [5.41, 5.74) is 6.62. The van der Waals surface area contributed by atoms with E-state index < -0.39 is 30.3 Å². The second-order valence-electron chi connectivity index (χ2n) is 14.2. The van der Waals surface area contributed by atoms with E-state index in [-0.39, 0.29) is 11.8 Å². The van der Waals surface area contributed by atoms with Crippen LogP contribution in [0, 0.1) is 11.8 Å². The van der Waals surface area contributed by atoms with Crippen molar-refractivity contribution in [3.8, 4) is 34.4 Å². The van der Waals surface area contributed by atoms with E-state index in [1.807, 2.05) is 85.9 Å². The van der Waals surface area contributed by atoms with Crippen molar-refractivity contribution in [2.45, 2.75) is 44.3 Å². The molecule has 0 saturated heterocycles. The maximum Gasteiger partial charge on any atom is 0.407 e. The van der Waals surface area contributed by atoms with Crippen molar-refractivity contribution in [2.24, 2.45) is 0 Å². The number of ether oxygens (including phenoxy) is 2. The van der Waals surface area contributed by atoms with Crippen LogP contribution in [-0.2, 0) is 25.5 Å². The fourth-order valence-corrected chi connectivity index (χ4v) is 6.48. The molecule has 14 heteroatoms. The summed E-state index contributed by atoms with van der Waals surface area (Å²) in [4.78, 5) is 67.7. The molecule has 0 aliphatic rings. The molecule has 0 aliphatic carbocycles. The number of aryl methyl sites for hydroxylation is 1. The highest BCUT2D eigenvalue weighted by Gasteiger charge is 2.30. The van der Waals surface area contributed by atoms with Gasteiger partial charge in [-0.2, -0.15) is 0 Å². The zero-order valence-corrected chi connectivity index (χ0v) is 34.4. The van der Waals surface area contributed by atoms with Crippen LogP contribution in [0.25, 0.3) is 22.5 Å². The number of imidazole rings is 2. The normalized spacial score (nSPS) is 12.1. The molecule has 2 heterocycles. The molecule has 0 saturated carbocycles. The van der Waals surface area contributed by atoms with Crippen LogP contribution in [0.15, 0.2) is 122 Å². The van der Waals surface area contributed by atoms with Gasteiger partial charge in [-0.3, -0.25) is 9.59 Å². The molecule has 1 unspecified atom stereocenters. The Labute approximate surface area is 354 Å². The Morgan fingerprint density at radius 1 is 0.672 bits per heavy atom. The number of amides is 4. The number of aromatic nitrogens is 4. The first kappa shape index (κ1) is 42.9. The number of carbonyl (C=O) groups is 4. The summed E-state index contributed by atoms with van der Waals surface area (Å²) in [6, 6.07) is 31.6. The van der Waals surface area contributed by atoms with Gasteiger partial charge >= 0.3 is 12.2 Å². The Hall–Kier alpha value is -7.66. The highest BCUT2D eigenvalue weighted by molar-refractivity contribution is 5.87. The van der Waals surface area contributed by atoms with Crippen molar-refractivity contribution in [2.75, 3.05) is 27.8 Å². The highest BCUT2D eigenvalue weighted by atomic mass is 16.5. The Bertz CT molecular complexity index is 2460. The van der Waals surface area contributed by atoms with E-state index >= 15 is 0 Å². The second-order valence-corrected chi connectivity index (χ2v) is 14.2. The summed E-state index contributed by atoms with van der Waals surface area (Å²) < 4.78 is 9.46. The number of nitrogens with one attached hydrogen (secondary N) is 5. The number of alkyl carbamates (subject to hydrolysis) is 2. The van der Waals surface area contributed by atoms with Gasteiger partial charge in [-0.25, -0.2) is 19.6 Å². The third kappa shape index (κ3) is 11.5. The fraction of sp³-hybridized carbons (Fsp3) is 0.234. The van der Waals surface area contributed by atoms with Gasteiger partial charge in [0.1, 0.15) is 23.7 Å². The van der Waals surface area contributed by atoms with E-state index in [1.165, 1.54) is 14.2 Å². The minimum atomic E-state index is -0.926. The number of hydrogen-bond acceptors (Lipinski definition) is 8. The number of rotatable bonds is 15. The Balaban J connectivity index is 0.979. The third-order valence-corrected chi connectivity index (χ3v) is 10.1. The largest absolute Gasteiger partial charge is 0.453 e. The number of benzene rings is 4. The molecule has 0 bridgehead atoms. The van der Waals surface area contributed by atoms with Gasteiger partial charge in [0.15, 0.2) is 0 Å². The molecule has 3 atom stereocenters. The van der Waals surface area contributed by atoms with Gasteiger partial charge in [0.05, 0.1) is 44.0 Å². The van der Waals surface area contributed by atoms with Crippen molar-refractivity contribution in [3.05, 3.63) is 155 Å². The van der Waals surface area contributed by atoms with Gasteiger partial charge in [0.2, 0.25) is 11.8 Å². The zero-order chi connectivity index (χ0) is 43.1. The first-order chi connectivity index (χ1) is 29.6. The Morgan fingerprint density at radius 3 is 1.74 bits per heavy atom. The van der Waals surface area contributed by atoms with E-state index in [4.69, 9.17) is 9.47 Å². The molecule has 0 fully saturated rings. The molecular weight excluding hydrogens is 773 g/mol. The third-order valence-electron chi connectivity index (χ3n) is 10.1. The van der Waals surface area contributed by atoms with Crippen molar-refractivity contribution < 1.29 is 28.7 Å². The SMILES string of the molecule is COC(=O)N[C@@H](C(=O)NCCCCc1ncc(-c2ccc(C#Cc3ccc(-c4cnc(C(C)N(C)C(=O)[C@H](NC(=O)OC)c5ccccc5)[nH]4)cc3)cc2)[nH]1)c1ccccc1. The van der Waals surface area contributed by atoms with Crippen molar-refractivity contribution in [1.29, 1.82) is 0 Å². The number of unbranched alkanes of at least 4 members (excludes halogenated alkanes) is 1. The minimum absolute atomic E-state index is 0.304. The number of methoxy groups -OCH3 is 2. The number of hydrogen-bond donors (Lipinski definition) is 5. The van der Waals surface area contributed by atoms with Crippen LogP contribution >= 0.6 is 0 Å². The highest BCUT2D eigenvalue weighted by Crippen LogP contribution is 2.26. The molecule has 6 aromatic rings. The first-order valence-corrected chi connectivity index (χ1v) is 19.8. The van der Waals surface area contributed by atoms with E-state index in [9.17, 15) is 19.2 Å². The summed E-state index contributed by atoms with van der Waals surface area (Å²) in [7, 11) is 4.19. The van der Waals surface area contributed by atoms with Crippen LogP contribution in [0.3, 0.4) is 0 Å². The minimum Gasteiger partial charge on any atom is -0.453 e. The van der Waals surface area contributed by atoms with Crippen LogP contribution in [0.2, 0.25) is 0 Å². The van der Waals surface area contributed by atoms with E-state index in [0.29, 0.717) is 29.9 Å². The quantitative estimate of drug-likeness (QED) is 0.0541. The van der Waals surface area contributed by atoms with Gasteiger partial charge in [-0.15, -0.1) is 0 Å². The molecule has 5 N–H and O–H groups in total. The Kier molecular flexibility index (Phi) is 14.7. The number of likely N-dealkylation sites (N-methyl/N-ethyl adjacent to an activating group) is 1. The van der Waals surface area contributed by atoms with Crippen molar-refractivity contribution in [1.82, 2.24) is 40.8 Å². The van der Waals surface area contributed by atoms with Gasteiger partial charge in [0, 0.05) is 31.1 Å². The molecule has 0 aliphatic heterocycles. The fourth-order valence-electron chi connectivity index (χ4n) is 6.48. The molecule has 2 aromatic heterocycles. The lowest BCUT2D eigenvalue weighted by atomic mass is 10.1. The van der Waals surface area contributed by atoms with Gasteiger partial charge in [-0.05, 0) is 66.3 Å². The second kappa shape index (κ2) is 20.9. The van der Waals surface area contributed by atoms with E-state index in [0.717, 1.165) is 52.3 Å².